The second-order valence-electron chi connectivity index (χ2n) is 9.78. The molecule has 1 atom stereocenters. The molecule has 0 spiro atoms. The SMILES string of the molecule is CCCc1cc2c(N3CCn4c(nnc4C(F)(F)F)C3)nc(N3CCC(CCCCCN)C3)nc2s1. The molecule has 0 radical (unpaired) electrons. The summed E-state index contributed by atoms with van der Waals surface area (Å²) in [7, 11) is 0. The number of fused-ring (bicyclic) bond motifs is 2. The molecule has 1 fully saturated rings. The lowest BCUT2D eigenvalue weighted by Gasteiger charge is -2.30. The Morgan fingerprint density at radius 2 is 1.94 bits per heavy atom. The average molecular weight is 523 g/mol. The standard InChI is InChI=1S/C24H33F3N8S/c1-2-6-17-13-18-20(33-11-12-35-19(15-33)31-32-22(35)24(25,26)27)29-23(30-21(18)36-17)34-10-8-16(14-34)7-4-3-5-9-28/h13,16H,2-12,14-15,28H2,1H3. The van der Waals surface area contributed by atoms with Gasteiger partial charge < -0.3 is 20.1 Å². The highest BCUT2D eigenvalue weighted by Crippen LogP contribution is 2.37. The molecular weight excluding hydrogens is 489 g/mol. The van der Waals surface area contributed by atoms with E-state index in [9.17, 15) is 13.2 Å². The first-order chi connectivity index (χ1) is 17.4. The number of nitrogens with two attached hydrogens (primary N) is 1. The Bertz CT molecular complexity index is 1190. The van der Waals surface area contributed by atoms with E-state index in [2.05, 4.69) is 28.1 Å². The molecule has 2 N–H and O–H groups in total. The molecule has 196 valence electrons. The second kappa shape index (κ2) is 10.5. The zero-order valence-electron chi connectivity index (χ0n) is 20.6. The van der Waals surface area contributed by atoms with Crippen LogP contribution in [0.15, 0.2) is 6.07 Å². The number of nitrogens with zero attached hydrogens (tertiary/aromatic N) is 7. The first-order valence-corrected chi connectivity index (χ1v) is 13.7. The monoisotopic (exact) mass is 522 g/mol. The van der Waals surface area contributed by atoms with Crippen LogP contribution in [0.2, 0.25) is 0 Å². The van der Waals surface area contributed by atoms with Gasteiger partial charge in [-0.1, -0.05) is 26.2 Å². The van der Waals surface area contributed by atoms with Crippen LogP contribution in [0.25, 0.3) is 10.2 Å². The summed E-state index contributed by atoms with van der Waals surface area (Å²) in [6.07, 6.45) is 3.24. The summed E-state index contributed by atoms with van der Waals surface area (Å²) >= 11 is 1.69. The minimum atomic E-state index is -4.51. The Balaban J connectivity index is 1.41. The average Bonchev–Trinajstić information content (AvgIpc) is 3.58. The minimum absolute atomic E-state index is 0.165. The van der Waals surface area contributed by atoms with Gasteiger partial charge in [-0.2, -0.15) is 18.2 Å². The molecule has 5 heterocycles. The molecule has 0 amide bonds. The summed E-state index contributed by atoms with van der Waals surface area (Å²) in [5.74, 6) is 1.50. The smallest absolute Gasteiger partial charge is 0.347 e. The van der Waals surface area contributed by atoms with Gasteiger partial charge >= 0.3 is 6.18 Å². The number of hydrogen-bond acceptors (Lipinski definition) is 8. The highest BCUT2D eigenvalue weighted by Gasteiger charge is 2.40. The Hall–Kier alpha value is -2.47. The van der Waals surface area contributed by atoms with Gasteiger partial charge in [0.1, 0.15) is 10.6 Å². The van der Waals surface area contributed by atoms with Crippen molar-refractivity contribution in [1.29, 1.82) is 0 Å². The van der Waals surface area contributed by atoms with E-state index in [1.807, 2.05) is 4.90 Å². The second-order valence-corrected chi connectivity index (χ2v) is 10.9. The molecule has 0 saturated carbocycles. The van der Waals surface area contributed by atoms with E-state index in [0.29, 0.717) is 18.3 Å². The predicted molar refractivity (Wildman–Crippen MR) is 135 cm³/mol. The van der Waals surface area contributed by atoms with Gasteiger partial charge in [-0.25, -0.2) is 4.98 Å². The molecular formula is C24H33F3N8S. The molecule has 3 aromatic heterocycles. The lowest BCUT2D eigenvalue weighted by atomic mass is 10.0. The van der Waals surface area contributed by atoms with Crippen molar-refractivity contribution in [2.24, 2.45) is 11.7 Å². The number of unbranched alkanes of at least 4 members (excludes halogenated alkanes) is 2. The molecule has 36 heavy (non-hydrogen) atoms. The van der Waals surface area contributed by atoms with Crippen molar-refractivity contribution in [3.63, 3.8) is 0 Å². The third-order valence-corrected chi connectivity index (χ3v) is 8.19. The lowest BCUT2D eigenvalue weighted by molar-refractivity contribution is -0.147. The molecule has 3 aromatic rings. The summed E-state index contributed by atoms with van der Waals surface area (Å²) < 4.78 is 41.1. The molecule has 0 aromatic carbocycles. The van der Waals surface area contributed by atoms with E-state index in [1.165, 1.54) is 28.7 Å². The van der Waals surface area contributed by atoms with Crippen LogP contribution in [0.5, 0.6) is 0 Å². The van der Waals surface area contributed by atoms with Crippen molar-refractivity contribution in [3.05, 3.63) is 22.6 Å². The quantitative estimate of drug-likeness (QED) is 0.410. The van der Waals surface area contributed by atoms with Crippen LogP contribution in [-0.2, 0) is 25.7 Å². The summed E-state index contributed by atoms with van der Waals surface area (Å²) in [5.41, 5.74) is 5.62. The molecule has 2 aliphatic heterocycles. The Morgan fingerprint density at radius 3 is 2.72 bits per heavy atom. The number of alkyl halides is 3. The van der Waals surface area contributed by atoms with Crippen LogP contribution in [0.1, 0.15) is 62.0 Å². The molecule has 12 heteroatoms. The Morgan fingerprint density at radius 1 is 1.08 bits per heavy atom. The van der Waals surface area contributed by atoms with Crippen LogP contribution in [0.4, 0.5) is 24.9 Å². The van der Waals surface area contributed by atoms with Gasteiger partial charge in [0.05, 0.1) is 11.9 Å². The first-order valence-electron chi connectivity index (χ1n) is 12.9. The first kappa shape index (κ1) is 25.2. The number of anilines is 2. The van der Waals surface area contributed by atoms with E-state index in [0.717, 1.165) is 67.3 Å². The molecule has 1 saturated heterocycles. The number of aromatic nitrogens is 5. The van der Waals surface area contributed by atoms with Crippen LogP contribution in [0.3, 0.4) is 0 Å². The van der Waals surface area contributed by atoms with E-state index in [-0.39, 0.29) is 13.1 Å². The number of halogens is 3. The summed E-state index contributed by atoms with van der Waals surface area (Å²) in [5, 5.41) is 8.25. The van der Waals surface area contributed by atoms with Crippen molar-refractivity contribution in [2.75, 3.05) is 36.0 Å². The fourth-order valence-corrected chi connectivity index (χ4v) is 6.37. The summed E-state index contributed by atoms with van der Waals surface area (Å²) in [4.78, 5) is 16.4. The predicted octanol–water partition coefficient (Wildman–Crippen LogP) is 4.62. The zero-order chi connectivity index (χ0) is 25.3. The third kappa shape index (κ3) is 5.15. The molecule has 2 aliphatic rings. The van der Waals surface area contributed by atoms with E-state index < -0.39 is 12.0 Å². The van der Waals surface area contributed by atoms with Crippen LogP contribution >= 0.6 is 11.3 Å². The molecule has 0 aliphatic carbocycles. The molecule has 5 rings (SSSR count). The highest BCUT2D eigenvalue weighted by molar-refractivity contribution is 7.18. The van der Waals surface area contributed by atoms with Gasteiger partial charge in [-0.05, 0) is 44.2 Å². The largest absolute Gasteiger partial charge is 0.451 e. The molecule has 0 bridgehead atoms. The van der Waals surface area contributed by atoms with Gasteiger partial charge in [0.25, 0.3) is 0 Å². The van der Waals surface area contributed by atoms with Gasteiger partial charge in [-0.15, -0.1) is 21.5 Å². The topological polar surface area (TPSA) is 89.0 Å². The zero-order valence-corrected chi connectivity index (χ0v) is 21.4. The van der Waals surface area contributed by atoms with E-state index in [4.69, 9.17) is 15.7 Å². The molecule has 8 nitrogen and oxygen atoms in total. The minimum Gasteiger partial charge on any atom is -0.347 e. The highest BCUT2D eigenvalue weighted by atomic mass is 32.1. The van der Waals surface area contributed by atoms with Crippen molar-refractivity contribution < 1.29 is 13.2 Å². The maximum absolute atomic E-state index is 13.3. The fourth-order valence-electron chi connectivity index (χ4n) is 5.25. The summed E-state index contributed by atoms with van der Waals surface area (Å²) in [6.45, 7) is 5.56. The molecule has 1 unspecified atom stereocenters. The van der Waals surface area contributed by atoms with Gasteiger partial charge in [0.2, 0.25) is 11.8 Å². The van der Waals surface area contributed by atoms with Crippen molar-refractivity contribution in [1.82, 2.24) is 24.7 Å². The van der Waals surface area contributed by atoms with Crippen LogP contribution < -0.4 is 15.5 Å². The van der Waals surface area contributed by atoms with Crippen molar-refractivity contribution >= 4 is 33.3 Å². The number of thiophene rings is 1. The Labute approximate surface area is 212 Å². The van der Waals surface area contributed by atoms with Crippen LogP contribution in [-0.4, -0.2) is 50.9 Å². The van der Waals surface area contributed by atoms with Gasteiger partial charge in [0.15, 0.2) is 5.82 Å². The van der Waals surface area contributed by atoms with E-state index in [1.54, 1.807) is 11.3 Å². The maximum Gasteiger partial charge on any atom is 0.451 e. The lowest BCUT2D eigenvalue weighted by Crippen LogP contribution is -2.36. The van der Waals surface area contributed by atoms with Crippen LogP contribution in [0, 0.1) is 5.92 Å². The number of aryl methyl sites for hydroxylation is 1. The van der Waals surface area contributed by atoms with E-state index >= 15 is 0 Å². The number of rotatable bonds is 9. The fraction of sp³-hybridized carbons (Fsp3) is 0.667. The normalized spacial score (nSPS) is 18.4. The summed E-state index contributed by atoms with van der Waals surface area (Å²) in [6, 6.07) is 2.15. The van der Waals surface area contributed by atoms with Gasteiger partial charge in [-0.3, -0.25) is 0 Å². The van der Waals surface area contributed by atoms with Crippen molar-refractivity contribution in [3.8, 4) is 0 Å². The van der Waals surface area contributed by atoms with Gasteiger partial charge in [0, 0.05) is 31.1 Å². The number of hydrogen-bond donors (Lipinski definition) is 1. The maximum atomic E-state index is 13.3. The Kier molecular flexibility index (Phi) is 7.34. The third-order valence-electron chi connectivity index (χ3n) is 7.10. The van der Waals surface area contributed by atoms with Crippen molar-refractivity contribution in [2.45, 2.75) is 71.1 Å².